The van der Waals surface area contributed by atoms with Crippen molar-refractivity contribution in [1.82, 2.24) is 10.3 Å². The Morgan fingerprint density at radius 2 is 2.04 bits per heavy atom. The van der Waals surface area contributed by atoms with Gasteiger partial charge in [-0.1, -0.05) is 18.2 Å². The molecule has 1 unspecified atom stereocenters. The van der Waals surface area contributed by atoms with Crippen LogP contribution in [-0.2, 0) is 11.2 Å². The Morgan fingerprint density at radius 3 is 2.64 bits per heavy atom. The van der Waals surface area contributed by atoms with Crippen molar-refractivity contribution in [3.63, 3.8) is 0 Å². The van der Waals surface area contributed by atoms with Crippen LogP contribution in [0.25, 0.3) is 0 Å². The van der Waals surface area contributed by atoms with Gasteiger partial charge < -0.3 is 15.8 Å². The molecule has 1 saturated carbocycles. The van der Waals surface area contributed by atoms with Crippen LogP contribution in [-0.4, -0.2) is 24.5 Å². The second kappa shape index (κ2) is 9.69. The molecule has 1 amide bonds. The highest BCUT2D eigenvalue weighted by Gasteiger charge is 2.30. The predicted molar refractivity (Wildman–Crippen MR) is 111 cm³/mol. The van der Waals surface area contributed by atoms with E-state index in [0.29, 0.717) is 18.3 Å². The van der Waals surface area contributed by atoms with Gasteiger partial charge in [-0.2, -0.15) is 0 Å². The van der Waals surface area contributed by atoms with E-state index < -0.39 is 0 Å². The van der Waals surface area contributed by atoms with Gasteiger partial charge in [-0.25, -0.2) is 0 Å². The molecule has 1 aliphatic rings. The van der Waals surface area contributed by atoms with Crippen molar-refractivity contribution in [3.8, 4) is 5.75 Å². The molecule has 0 radical (unpaired) electrons. The molecule has 3 N–H and O–H groups in total. The van der Waals surface area contributed by atoms with Crippen molar-refractivity contribution in [3.05, 3.63) is 59.4 Å². The number of amides is 1. The topological polar surface area (TPSA) is 77.2 Å². The predicted octanol–water partition coefficient (Wildman–Crippen LogP) is 3.56. The number of nitrogens with zero attached hydrogens (tertiary/aromatic N) is 1. The highest BCUT2D eigenvalue weighted by molar-refractivity contribution is 5.79. The Labute approximate surface area is 167 Å². The maximum atomic E-state index is 12.8. The standard InChI is InChI=1S/C23H31N3O2/c1-16-13-18(8-11-21(16)28-2)14-22(27)26-23(20-5-3-4-12-25-20)19-9-6-17(15-24)7-10-19/h3-5,8,11-13,17,19,23H,6-7,9-10,14-15,24H2,1-2H3,(H,26,27). The van der Waals surface area contributed by atoms with Crippen LogP contribution in [0.1, 0.15) is 48.5 Å². The first-order valence-corrected chi connectivity index (χ1v) is 10.1. The summed E-state index contributed by atoms with van der Waals surface area (Å²) in [7, 11) is 1.66. The molecule has 2 aromatic rings. The van der Waals surface area contributed by atoms with Crippen LogP contribution >= 0.6 is 0 Å². The fourth-order valence-electron chi connectivity index (χ4n) is 4.21. The lowest BCUT2D eigenvalue weighted by Crippen LogP contribution is -2.37. The third-order valence-electron chi connectivity index (χ3n) is 5.84. The van der Waals surface area contributed by atoms with Crippen LogP contribution in [0.3, 0.4) is 0 Å². The van der Waals surface area contributed by atoms with Gasteiger partial charge in [0.25, 0.3) is 0 Å². The summed E-state index contributed by atoms with van der Waals surface area (Å²) in [5.74, 6) is 1.88. The third kappa shape index (κ3) is 5.10. The quantitative estimate of drug-likeness (QED) is 0.769. The molecular formula is C23H31N3O2. The fraction of sp³-hybridized carbons (Fsp3) is 0.478. The minimum Gasteiger partial charge on any atom is -0.496 e. The van der Waals surface area contributed by atoms with E-state index >= 15 is 0 Å². The molecule has 5 heteroatoms. The highest BCUT2D eigenvalue weighted by Crippen LogP contribution is 2.36. The largest absolute Gasteiger partial charge is 0.496 e. The first-order chi connectivity index (χ1) is 13.6. The van der Waals surface area contributed by atoms with Crippen LogP contribution in [0, 0.1) is 18.8 Å². The van der Waals surface area contributed by atoms with Gasteiger partial charge in [0.2, 0.25) is 5.91 Å². The zero-order valence-corrected chi connectivity index (χ0v) is 16.9. The Kier molecular flexibility index (Phi) is 7.04. The molecule has 0 saturated heterocycles. The molecule has 150 valence electrons. The number of carbonyl (C=O) groups is 1. The number of hydrogen-bond acceptors (Lipinski definition) is 4. The normalized spacial score (nSPS) is 20.4. The Hall–Kier alpha value is -2.40. The average molecular weight is 382 g/mol. The summed E-state index contributed by atoms with van der Waals surface area (Å²) in [6, 6.07) is 11.7. The monoisotopic (exact) mass is 381 g/mol. The molecule has 1 aliphatic carbocycles. The van der Waals surface area contributed by atoms with Gasteiger partial charge in [-0.05, 0) is 80.3 Å². The van der Waals surface area contributed by atoms with Crippen LogP contribution in [0.5, 0.6) is 5.75 Å². The summed E-state index contributed by atoms with van der Waals surface area (Å²) in [5.41, 5.74) is 8.81. The zero-order chi connectivity index (χ0) is 19.9. The van der Waals surface area contributed by atoms with Crippen molar-refractivity contribution in [2.45, 2.75) is 45.1 Å². The number of nitrogens with two attached hydrogens (primary N) is 1. The van der Waals surface area contributed by atoms with Crippen molar-refractivity contribution in [2.75, 3.05) is 13.7 Å². The number of benzene rings is 1. The summed E-state index contributed by atoms with van der Waals surface area (Å²) < 4.78 is 5.31. The number of rotatable bonds is 7. The SMILES string of the molecule is COc1ccc(CC(=O)NC(c2ccccn2)C2CCC(CN)CC2)cc1C. The lowest BCUT2D eigenvalue weighted by atomic mass is 9.77. The van der Waals surface area contributed by atoms with Gasteiger partial charge in [0.15, 0.2) is 0 Å². The van der Waals surface area contributed by atoms with E-state index in [0.717, 1.165) is 54.8 Å². The van der Waals surface area contributed by atoms with E-state index in [4.69, 9.17) is 10.5 Å². The molecule has 3 rings (SSSR count). The lowest BCUT2D eigenvalue weighted by Gasteiger charge is -2.33. The molecule has 0 spiro atoms. The third-order valence-corrected chi connectivity index (χ3v) is 5.84. The van der Waals surface area contributed by atoms with E-state index in [-0.39, 0.29) is 11.9 Å². The molecule has 1 fully saturated rings. The van der Waals surface area contributed by atoms with E-state index in [9.17, 15) is 4.79 Å². The smallest absolute Gasteiger partial charge is 0.224 e. The van der Waals surface area contributed by atoms with E-state index in [1.54, 1.807) is 13.3 Å². The maximum Gasteiger partial charge on any atom is 0.224 e. The molecule has 5 nitrogen and oxygen atoms in total. The molecule has 1 heterocycles. The number of aromatic nitrogens is 1. The second-order valence-electron chi connectivity index (χ2n) is 7.80. The molecule has 1 atom stereocenters. The number of aryl methyl sites for hydroxylation is 1. The fourth-order valence-corrected chi connectivity index (χ4v) is 4.21. The number of pyridine rings is 1. The summed E-state index contributed by atoms with van der Waals surface area (Å²) >= 11 is 0. The Bertz CT molecular complexity index is 771. The molecular weight excluding hydrogens is 350 g/mol. The maximum absolute atomic E-state index is 12.8. The summed E-state index contributed by atoms with van der Waals surface area (Å²) in [6.07, 6.45) is 6.55. The first-order valence-electron chi connectivity index (χ1n) is 10.1. The Morgan fingerprint density at radius 1 is 1.25 bits per heavy atom. The summed E-state index contributed by atoms with van der Waals surface area (Å²) in [6.45, 7) is 2.75. The van der Waals surface area contributed by atoms with Gasteiger partial charge in [0.1, 0.15) is 5.75 Å². The molecule has 1 aromatic heterocycles. The van der Waals surface area contributed by atoms with Gasteiger partial charge in [-0.15, -0.1) is 0 Å². The number of ether oxygens (including phenoxy) is 1. The van der Waals surface area contributed by atoms with Crippen molar-refractivity contribution in [1.29, 1.82) is 0 Å². The zero-order valence-electron chi connectivity index (χ0n) is 16.9. The second-order valence-corrected chi connectivity index (χ2v) is 7.80. The molecule has 1 aromatic carbocycles. The molecule has 0 bridgehead atoms. The van der Waals surface area contributed by atoms with E-state index in [1.807, 2.05) is 43.3 Å². The average Bonchev–Trinajstić information content (AvgIpc) is 2.73. The van der Waals surface area contributed by atoms with E-state index in [1.165, 1.54) is 0 Å². The van der Waals surface area contributed by atoms with Crippen LogP contribution in [0.4, 0.5) is 0 Å². The van der Waals surface area contributed by atoms with Crippen LogP contribution < -0.4 is 15.8 Å². The van der Waals surface area contributed by atoms with Gasteiger partial charge in [0.05, 0.1) is 25.3 Å². The van der Waals surface area contributed by atoms with Crippen molar-refractivity contribution in [2.24, 2.45) is 17.6 Å². The van der Waals surface area contributed by atoms with Crippen molar-refractivity contribution < 1.29 is 9.53 Å². The Balaban J connectivity index is 1.70. The number of nitrogens with one attached hydrogen (secondary N) is 1. The number of hydrogen-bond donors (Lipinski definition) is 2. The van der Waals surface area contributed by atoms with Crippen LogP contribution in [0.2, 0.25) is 0 Å². The highest BCUT2D eigenvalue weighted by atomic mass is 16.5. The number of methoxy groups -OCH3 is 1. The molecule has 0 aliphatic heterocycles. The van der Waals surface area contributed by atoms with Gasteiger partial charge in [0, 0.05) is 6.20 Å². The molecule has 28 heavy (non-hydrogen) atoms. The lowest BCUT2D eigenvalue weighted by molar-refractivity contribution is -0.121. The van der Waals surface area contributed by atoms with E-state index in [2.05, 4.69) is 10.3 Å². The summed E-state index contributed by atoms with van der Waals surface area (Å²) in [4.78, 5) is 17.4. The van der Waals surface area contributed by atoms with Gasteiger partial charge in [-0.3, -0.25) is 9.78 Å². The number of carbonyl (C=O) groups excluding carboxylic acids is 1. The van der Waals surface area contributed by atoms with Crippen LogP contribution in [0.15, 0.2) is 42.6 Å². The van der Waals surface area contributed by atoms with Crippen molar-refractivity contribution >= 4 is 5.91 Å². The summed E-state index contributed by atoms with van der Waals surface area (Å²) in [5, 5.41) is 3.27. The minimum atomic E-state index is -0.0493. The first kappa shape index (κ1) is 20.3. The minimum absolute atomic E-state index is 0.0289. The van der Waals surface area contributed by atoms with Gasteiger partial charge >= 0.3 is 0 Å².